The van der Waals surface area contributed by atoms with Crippen LogP contribution < -0.4 is 9.47 Å². The van der Waals surface area contributed by atoms with E-state index in [2.05, 4.69) is 15.2 Å². The number of rotatable bonds is 7. The molecular formula is C27H32N4O4. The number of aromatic nitrogens is 3. The molecule has 35 heavy (non-hydrogen) atoms. The zero-order chi connectivity index (χ0) is 24.1. The maximum atomic E-state index is 13.4. The third-order valence-electron chi connectivity index (χ3n) is 7.25. The van der Waals surface area contributed by atoms with Crippen LogP contribution in [0.25, 0.3) is 11.3 Å². The summed E-state index contributed by atoms with van der Waals surface area (Å²) in [5.41, 5.74) is 2.11. The van der Waals surface area contributed by atoms with E-state index in [0.29, 0.717) is 31.2 Å². The topological polar surface area (TPSA) is 89.6 Å². The van der Waals surface area contributed by atoms with E-state index in [9.17, 15) is 4.79 Å². The molecule has 1 atom stereocenters. The van der Waals surface area contributed by atoms with Crippen LogP contribution in [0.2, 0.25) is 0 Å². The average Bonchev–Trinajstić information content (AvgIpc) is 3.40. The van der Waals surface area contributed by atoms with Gasteiger partial charge in [-0.3, -0.25) is 14.9 Å². The van der Waals surface area contributed by atoms with Gasteiger partial charge in [0.2, 0.25) is 0 Å². The number of hydrogen-bond acceptors (Lipinski definition) is 6. The molecule has 1 spiro atoms. The Balaban J connectivity index is 1.16. The van der Waals surface area contributed by atoms with Crippen molar-refractivity contribution in [3.05, 3.63) is 60.6 Å². The number of aromatic amines is 1. The fourth-order valence-corrected chi connectivity index (χ4v) is 5.22. The first-order chi connectivity index (χ1) is 17.2. The van der Waals surface area contributed by atoms with Crippen LogP contribution in [-0.2, 0) is 4.74 Å². The molecule has 0 bridgehead atoms. The highest BCUT2D eigenvalue weighted by Crippen LogP contribution is 2.39. The SMILES string of the molecule is COc1ccc(-c2[nH]ncc2C(=O)N2CCC3(CC2)CC(CCOc2ccncc2)CCO3)cc1. The number of nitrogens with one attached hydrogen (secondary N) is 1. The lowest BCUT2D eigenvalue weighted by molar-refractivity contribution is -0.125. The highest BCUT2D eigenvalue weighted by Gasteiger charge is 2.41. The smallest absolute Gasteiger partial charge is 0.257 e. The molecule has 0 radical (unpaired) electrons. The predicted octanol–water partition coefficient (Wildman–Crippen LogP) is 4.35. The Kier molecular flexibility index (Phi) is 6.99. The molecule has 1 amide bonds. The monoisotopic (exact) mass is 476 g/mol. The first-order valence-electron chi connectivity index (χ1n) is 12.3. The van der Waals surface area contributed by atoms with Crippen LogP contribution in [0.15, 0.2) is 55.0 Å². The number of amides is 1. The van der Waals surface area contributed by atoms with Crippen LogP contribution in [0, 0.1) is 5.92 Å². The van der Waals surface area contributed by atoms with Crippen molar-refractivity contribution in [2.24, 2.45) is 5.92 Å². The number of pyridine rings is 1. The minimum Gasteiger partial charge on any atom is -0.497 e. The van der Waals surface area contributed by atoms with Crippen molar-refractivity contribution >= 4 is 5.91 Å². The minimum absolute atomic E-state index is 0.0116. The van der Waals surface area contributed by atoms with Gasteiger partial charge in [0, 0.05) is 37.7 Å². The Labute approximate surface area is 205 Å². The van der Waals surface area contributed by atoms with Crippen molar-refractivity contribution in [2.45, 2.75) is 37.7 Å². The summed E-state index contributed by atoms with van der Waals surface area (Å²) in [6, 6.07) is 11.4. The number of ether oxygens (including phenoxy) is 3. The summed E-state index contributed by atoms with van der Waals surface area (Å²) in [4.78, 5) is 19.3. The molecule has 1 aromatic carbocycles. The fraction of sp³-hybridized carbons (Fsp3) is 0.444. The van der Waals surface area contributed by atoms with Gasteiger partial charge in [0.1, 0.15) is 11.5 Å². The van der Waals surface area contributed by atoms with Gasteiger partial charge in [-0.2, -0.15) is 5.10 Å². The Morgan fingerprint density at radius 1 is 1.14 bits per heavy atom. The van der Waals surface area contributed by atoms with Crippen LogP contribution >= 0.6 is 0 Å². The zero-order valence-corrected chi connectivity index (χ0v) is 20.1. The predicted molar refractivity (Wildman–Crippen MR) is 131 cm³/mol. The summed E-state index contributed by atoms with van der Waals surface area (Å²) in [6.07, 6.45) is 9.93. The molecule has 184 valence electrons. The highest BCUT2D eigenvalue weighted by molar-refractivity contribution is 5.99. The van der Waals surface area contributed by atoms with Crippen LogP contribution in [0.3, 0.4) is 0 Å². The van der Waals surface area contributed by atoms with E-state index in [1.807, 2.05) is 41.3 Å². The Morgan fingerprint density at radius 3 is 2.66 bits per heavy atom. The lowest BCUT2D eigenvalue weighted by Gasteiger charge is -2.46. The van der Waals surface area contributed by atoms with Gasteiger partial charge in [0.05, 0.1) is 36.8 Å². The molecule has 1 N–H and O–H groups in total. The molecule has 2 aliphatic heterocycles. The number of hydrogen-bond donors (Lipinski definition) is 1. The standard InChI is InChI=1S/C27H32N4O4/c1-33-22-4-2-21(3-5-22)25-24(19-29-30-25)26(32)31-14-10-27(11-15-31)18-20(9-17-35-27)8-16-34-23-6-12-28-13-7-23/h2-7,12-13,19-20H,8-11,14-18H2,1H3,(H,29,30). The van der Waals surface area contributed by atoms with E-state index >= 15 is 0 Å². The maximum absolute atomic E-state index is 13.4. The maximum Gasteiger partial charge on any atom is 0.257 e. The molecule has 0 aliphatic carbocycles. The second kappa shape index (κ2) is 10.5. The van der Waals surface area contributed by atoms with Crippen LogP contribution in [0.4, 0.5) is 0 Å². The van der Waals surface area contributed by atoms with Gasteiger partial charge >= 0.3 is 0 Å². The van der Waals surface area contributed by atoms with Crippen molar-refractivity contribution in [3.8, 4) is 22.8 Å². The second-order valence-corrected chi connectivity index (χ2v) is 9.39. The highest BCUT2D eigenvalue weighted by atomic mass is 16.5. The van der Waals surface area contributed by atoms with Gasteiger partial charge in [0.15, 0.2) is 0 Å². The van der Waals surface area contributed by atoms with Crippen LogP contribution in [-0.4, -0.2) is 65.0 Å². The number of piperidine rings is 1. The number of nitrogens with zero attached hydrogens (tertiary/aromatic N) is 3. The van der Waals surface area contributed by atoms with E-state index in [1.54, 1.807) is 25.7 Å². The van der Waals surface area contributed by atoms with Gasteiger partial charge in [-0.25, -0.2) is 0 Å². The van der Waals surface area contributed by atoms with Crippen molar-refractivity contribution in [1.82, 2.24) is 20.1 Å². The normalized spacial score (nSPS) is 19.5. The van der Waals surface area contributed by atoms with Crippen molar-refractivity contribution in [1.29, 1.82) is 0 Å². The molecule has 1 unspecified atom stereocenters. The van der Waals surface area contributed by atoms with Crippen molar-refractivity contribution in [3.63, 3.8) is 0 Å². The molecule has 4 heterocycles. The molecule has 3 aromatic rings. The third kappa shape index (κ3) is 5.32. The average molecular weight is 477 g/mol. The quantitative estimate of drug-likeness (QED) is 0.545. The molecule has 2 aliphatic rings. The Bertz CT molecular complexity index is 1110. The fourth-order valence-electron chi connectivity index (χ4n) is 5.22. The van der Waals surface area contributed by atoms with E-state index in [1.165, 1.54) is 0 Å². The Morgan fingerprint density at radius 2 is 1.91 bits per heavy atom. The Hall–Kier alpha value is -3.39. The lowest BCUT2D eigenvalue weighted by Crippen LogP contribution is -2.51. The zero-order valence-electron chi connectivity index (χ0n) is 20.1. The number of methoxy groups -OCH3 is 1. The largest absolute Gasteiger partial charge is 0.497 e. The number of carbonyl (C=O) groups is 1. The molecule has 2 saturated heterocycles. The summed E-state index contributed by atoms with van der Waals surface area (Å²) in [6.45, 7) is 2.85. The first-order valence-corrected chi connectivity index (χ1v) is 12.3. The molecule has 8 heteroatoms. The molecule has 8 nitrogen and oxygen atoms in total. The van der Waals surface area contributed by atoms with Gasteiger partial charge in [-0.1, -0.05) is 0 Å². The summed E-state index contributed by atoms with van der Waals surface area (Å²) >= 11 is 0. The first kappa shape index (κ1) is 23.4. The molecule has 2 aromatic heterocycles. The second-order valence-electron chi connectivity index (χ2n) is 9.39. The van der Waals surface area contributed by atoms with Crippen LogP contribution in [0.1, 0.15) is 42.5 Å². The van der Waals surface area contributed by atoms with Gasteiger partial charge in [-0.05, 0) is 74.4 Å². The number of benzene rings is 1. The number of likely N-dealkylation sites (tertiary alicyclic amines) is 1. The minimum atomic E-state index is -0.133. The van der Waals surface area contributed by atoms with Gasteiger partial charge < -0.3 is 19.1 Å². The summed E-state index contributed by atoms with van der Waals surface area (Å²) < 4.78 is 17.4. The molecular weight excluding hydrogens is 444 g/mol. The van der Waals surface area contributed by atoms with Crippen LogP contribution in [0.5, 0.6) is 11.5 Å². The summed E-state index contributed by atoms with van der Waals surface area (Å²) in [5, 5.41) is 7.15. The van der Waals surface area contributed by atoms with E-state index in [-0.39, 0.29) is 11.5 Å². The van der Waals surface area contributed by atoms with E-state index in [4.69, 9.17) is 14.2 Å². The number of H-pyrrole nitrogens is 1. The summed E-state index contributed by atoms with van der Waals surface area (Å²) in [5.74, 6) is 2.22. The van der Waals surface area contributed by atoms with Gasteiger partial charge in [-0.15, -0.1) is 0 Å². The lowest BCUT2D eigenvalue weighted by atomic mass is 9.78. The number of carbonyl (C=O) groups excluding carboxylic acids is 1. The van der Waals surface area contributed by atoms with Gasteiger partial charge in [0.25, 0.3) is 5.91 Å². The summed E-state index contributed by atoms with van der Waals surface area (Å²) in [7, 11) is 1.64. The molecule has 5 rings (SSSR count). The van der Waals surface area contributed by atoms with E-state index in [0.717, 1.165) is 61.5 Å². The van der Waals surface area contributed by atoms with Crippen molar-refractivity contribution in [2.75, 3.05) is 33.4 Å². The molecule has 2 fully saturated rings. The third-order valence-corrected chi connectivity index (χ3v) is 7.25. The van der Waals surface area contributed by atoms with E-state index < -0.39 is 0 Å². The van der Waals surface area contributed by atoms with Crippen molar-refractivity contribution < 1.29 is 19.0 Å². The molecule has 0 saturated carbocycles.